The number of hydrogen-bond acceptors (Lipinski definition) is 7. The van der Waals surface area contributed by atoms with Gasteiger partial charge >= 0.3 is 5.97 Å². The standard InChI is InChI=1S/C20H20N2O7/c1-12-3-5-15(26-2)14(7-12)22-18(23)10-27-19(24)9-21-20(25)13-4-6-16-17(8-13)29-11-28-16/h3-8H,9-11H2,1-2H3,(H,21,25)(H,22,23). The maximum atomic E-state index is 12.1. The molecule has 29 heavy (non-hydrogen) atoms. The molecule has 9 heteroatoms. The number of ether oxygens (including phenoxy) is 4. The molecule has 0 saturated heterocycles. The average Bonchev–Trinajstić information content (AvgIpc) is 3.18. The van der Waals surface area contributed by atoms with E-state index in [4.69, 9.17) is 18.9 Å². The molecule has 1 heterocycles. The minimum absolute atomic E-state index is 0.100. The van der Waals surface area contributed by atoms with Gasteiger partial charge in [0, 0.05) is 5.56 Å². The predicted octanol–water partition coefficient (Wildman–Crippen LogP) is 1.64. The molecule has 0 spiro atoms. The summed E-state index contributed by atoms with van der Waals surface area (Å²) in [5.74, 6) is -0.240. The summed E-state index contributed by atoms with van der Waals surface area (Å²) in [4.78, 5) is 35.9. The van der Waals surface area contributed by atoms with Gasteiger partial charge in [-0.15, -0.1) is 0 Å². The van der Waals surface area contributed by atoms with Crippen molar-refractivity contribution in [2.75, 3.05) is 32.4 Å². The lowest BCUT2D eigenvalue weighted by atomic mass is 10.2. The fourth-order valence-electron chi connectivity index (χ4n) is 2.60. The number of esters is 1. The highest BCUT2D eigenvalue weighted by molar-refractivity contribution is 5.97. The zero-order valence-corrected chi connectivity index (χ0v) is 15.9. The van der Waals surface area contributed by atoms with E-state index in [9.17, 15) is 14.4 Å². The Morgan fingerprint density at radius 2 is 1.86 bits per heavy atom. The van der Waals surface area contributed by atoms with Crippen LogP contribution in [0.2, 0.25) is 0 Å². The topological polar surface area (TPSA) is 112 Å². The van der Waals surface area contributed by atoms with Gasteiger partial charge in [0.1, 0.15) is 12.3 Å². The van der Waals surface area contributed by atoms with Crippen LogP contribution in [0.15, 0.2) is 36.4 Å². The Kier molecular flexibility index (Phi) is 6.18. The molecule has 3 rings (SSSR count). The third-order valence-electron chi connectivity index (χ3n) is 4.02. The van der Waals surface area contributed by atoms with Crippen LogP contribution in [-0.4, -0.2) is 44.8 Å². The number of rotatable bonds is 7. The highest BCUT2D eigenvalue weighted by Crippen LogP contribution is 2.32. The number of nitrogens with one attached hydrogen (secondary N) is 2. The molecule has 0 atom stereocenters. The summed E-state index contributed by atoms with van der Waals surface area (Å²) in [5, 5.41) is 5.05. The van der Waals surface area contributed by atoms with E-state index in [-0.39, 0.29) is 13.3 Å². The molecule has 0 radical (unpaired) electrons. The van der Waals surface area contributed by atoms with Crippen molar-refractivity contribution in [1.82, 2.24) is 5.32 Å². The van der Waals surface area contributed by atoms with Crippen molar-refractivity contribution in [1.29, 1.82) is 0 Å². The second-order valence-electron chi connectivity index (χ2n) is 6.16. The molecule has 2 N–H and O–H groups in total. The van der Waals surface area contributed by atoms with Crippen molar-refractivity contribution in [3.63, 3.8) is 0 Å². The Hall–Kier alpha value is -3.75. The lowest BCUT2D eigenvalue weighted by Crippen LogP contribution is -2.32. The van der Waals surface area contributed by atoms with Gasteiger partial charge in [-0.25, -0.2) is 0 Å². The van der Waals surface area contributed by atoms with Crippen molar-refractivity contribution in [3.8, 4) is 17.2 Å². The van der Waals surface area contributed by atoms with Crippen LogP contribution in [0.1, 0.15) is 15.9 Å². The van der Waals surface area contributed by atoms with Crippen LogP contribution in [0, 0.1) is 6.92 Å². The molecule has 2 aromatic rings. The third-order valence-corrected chi connectivity index (χ3v) is 4.02. The lowest BCUT2D eigenvalue weighted by Gasteiger charge is -2.11. The van der Waals surface area contributed by atoms with Gasteiger partial charge in [0.2, 0.25) is 6.79 Å². The first kappa shape index (κ1) is 20.0. The van der Waals surface area contributed by atoms with Crippen molar-refractivity contribution in [2.24, 2.45) is 0 Å². The van der Waals surface area contributed by atoms with Crippen molar-refractivity contribution in [3.05, 3.63) is 47.5 Å². The van der Waals surface area contributed by atoms with E-state index in [1.54, 1.807) is 24.3 Å². The van der Waals surface area contributed by atoms with Gasteiger partial charge in [-0.1, -0.05) is 6.07 Å². The maximum Gasteiger partial charge on any atom is 0.325 e. The first-order valence-electron chi connectivity index (χ1n) is 8.74. The molecule has 1 aliphatic rings. The van der Waals surface area contributed by atoms with Gasteiger partial charge < -0.3 is 29.6 Å². The van der Waals surface area contributed by atoms with Crippen LogP contribution < -0.4 is 24.8 Å². The molecule has 0 saturated carbocycles. The van der Waals surface area contributed by atoms with E-state index >= 15 is 0 Å². The fraction of sp³-hybridized carbons (Fsp3) is 0.250. The Labute approximate surface area is 166 Å². The number of methoxy groups -OCH3 is 1. The van der Waals surface area contributed by atoms with E-state index in [2.05, 4.69) is 10.6 Å². The third kappa shape index (κ3) is 5.16. The Morgan fingerprint density at radius 1 is 1.07 bits per heavy atom. The number of carbonyl (C=O) groups is 3. The van der Waals surface area contributed by atoms with Crippen LogP contribution in [0.3, 0.4) is 0 Å². The summed E-state index contributed by atoms with van der Waals surface area (Å²) < 4.78 is 20.4. The first-order chi connectivity index (χ1) is 14.0. The maximum absolute atomic E-state index is 12.1. The number of anilines is 1. The zero-order chi connectivity index (χ0) is 20.8. The monoisotopic (exact) mass is 400 g/mol. The van der Waals surface area contributed by atoms with Gasteiger partial charge in [0.25, 0.3) is 11.8 Å². The molecule has 0 aliphatic carbocycles. The molecule has 0 fully saturated rings. The van der Waals surface area contributed by atoms with Crippen LogP contribution >= 0.6 is 0 Å². The molecule has 0 bridgehead atoms. The Morgan fingerprint density at radius 3 is 2.66 bits per heavy atom. The van der Waals surface area contributed by atoms with Gasteiger partial charge in [0.05, 0.1) is 12.8 Å². The number of carbonyl (C=O) groups excluding carboxylic acids is 3. The number of fused-ring (bicyclic) bond motifs is 1. The minimum Gasteiger partial charge on any atom is -0.495 e. The SMILES string of the molecule is COc1ccc(C)cc1NC(=O)COC(=O)CNC(=O)c1ccc2c(c1)OCO2. The quantitative estimate of drug-likeness (QED) is 0.680. The van der Waals surface area contributed by atoms with Crippen molar-refractivity contribution in [2.45, 2.75) is 6.92 Å². The first-order valence-corrected chi connectivity index (χ1v) is 8.74. The van der Waals surface area contributed by atoms with Crippen LogP contribution in [0.25, 0.3) is 0 Å². The smallest absolute Gasteiger partial charge is 0.325 e. The molecular weight excluding hydrogens is 380 g/mol. The summed E-state index contributed by atoms with van der Waals surface area (Å²) in [7, 11) is 1.49. The lowest BCUT2D eigenvalue weighted by molar-refractivity contribution is -0.146. The van der Waals surface area contributed by atoms with E-state index in [1.807, 2.05) is 13.0 Å². The number of amides is 2. The van der Waals surface area contributed by atoms with E-state index < -0.39 is 24.4 Å². The largest absolute Gasteiger partial charge is 0.495 e. The predicted molar refractivity (Wildman–Crippen MR) is 102 cm³/mol. The highest BCUT2D eigenvalue weighted by atomic mass is 16.7. The van der Waals surface area contributed by atoms with E-state index in [0.29, 0.717) is 28.5 Å². The number of benzene rings is 2. The molecule has 152 valence electrons. The summed E-state index contributed by atoms with van der Waals surface area (Å²) in [5.41, 5.74) is 1.72. The average molecular weight is 400 g/mol. The summed E-state index contributed by atoms with van der Waals surface area (Å²) in [6.07, 6.45) is 0. The van der Waals surface area contributed by atoms with Gasteiger partial charge in [-0.2, -0.15) is 0 Å². The van der Waals surface area contributed by atoms with Gasteiger partial charge in [-0.05, 0) is 42.8 Å². The van der Waals surface area contributed by atoms with Crippen molar-refractivity contribution < 1.29 is 33.3 Å². The van der Waals surface area contributed by atoms with Crippen LogP contribution in [0.5, 0.6) is 17.2 Å². The van der Waals surface area contributed by atoms with E-state index in [0.717, 1.165) is 5.56 Å². The number of aryl methyl sites for hydroxylation is 1. The molecule has 2 aromatic carbocycles. The van der Waals surface area contributed by atoms with Crippen LogP contribution in [-0.2, 0) is 14.3 Å². The Bertz CT molecular complexity index is 942. The second kappa shape index (κ2) is 8.96. The van der Waals surface area contributed by atoms with E-state index in [1.165, 1.54) is 13.2 Å². The van der Waals surface area contributed by atoms with Crippen molar-refractivity contribution >= 4 is 23.5 Å². The summed E-state index contributed by atoms with van der Waals surface area (Å²) >= 11 is 0. The van der Waals surface area contributed by atoms with Gasteiger partial charge in [0.15, 0.2) is 18.1 Å². The molecule has 0 aromatic heterocycles. The van der Waals surface area contributed by atoms with Gasteiger partial charge in [-0.3, -0.25) is 14.4 Å². The summed E-state index contributed by atoms with van der Waals surface area (Å²) in [6.45, 7) is 1.10. The molecular formula is C20H20N2O7. The normalized spacial score (nSPS) is 11.5. The zero-order valence-electron chi connectivity index (χ0n) is 15.9. The Balaban J connectivity index is 1.44. The molecule has 1 aliphatic heterocycles. The second-order valence-corrected chi connectivity index (χ2v) is 6.16. The highest BCUT2D eigenvalue weighted by Gasteiger charge is 2.17. The van der Waals surface area contributed by atoms with Crippen LogP contribution in [0.4, 0.5) is 5.69 Å². The molecule has 9 nitrogen and oxygen atoms in total. The summed E-state index contributed by atoms with van der Waals surface area (Å²) in [6, 6.07) is 9.99. The molecule has 2 amide bonds. The molecule has 0 unspecified atom stereocenters. The fourth-order valence-corrected chi connectivity index (χ4v) is 2.60. The minimum atomic E-state index is -0.745. The number of hydrogen-bond donors (Lipinski definition) is 2.